The molecule has 0 unspecified atom stereocenters. The lowest BCUT2D eigenvalue weighted by Crippen LogP contribution is -2.27. The molecule has 0 fully saturated rings. The van der Waals surface area contributed by atoms with E-state index in [0.29, 0.717) is 18.9 Å². The molecule has 0 aliphatic carbocycles. The molecular weight excluding hydrogens is 238 g/mol. The van der Waals surface area contributed by atoms with Crippen LogP contribution in [0.1, 0.15) is 31.4 Å². The van der Waals surface area contributed by atoms with Gasteiger partial charge in [-0.3, -0.25) is 4.79 Å². The molecule has 1 aromatic rings. The van der Waals surface area contributed by atoms with Gasteiger partial charge in [0.2, 0.25) is 5.91 Å². The van der Waals surface area contributed by atoms with Gasteiger partial charge in [0.1, 0.15) is 6.61 Å². The second-order valence-corrected chi connectivity index (χ2v) is 5.01. The van der Waals surface area contributed by atoms with E-state index in [1.807, 2.05) is 45.2 Å². The monoisotopic (exact) mass is 259 g/mol. The van der Waals surface area contributed by atoms with Crippen molar-refractivity contribution in [2.24, 2.45) is 5.92 Å². The summed E-state index contributed by atoms with van der Waals surface area (Å²) in [6.07, 6.45) is 0.570. The van der Waals surface area contributed by atoms with E-state index in [-0.39, 0.29) is 12.5 Å². The number of aliphatic hydroxyl groups is 1. The summed E-state index contributed by atoms with van der Waals surface area (Å²) in [4.78, 5) is 13.6. The minimum Gasteiger partial charge on any atom is -0.384 e. The second-order valence-electron chi connectivity index (χ2n) is 5.01. The molecular formula is C16H21NO2. The number of hydrogen-bond acceptors (Lipinski definition) is 2. The van der Waals surface area contributed by atoms with Gasteiger partial charge in [0.15, 0.2) is 0 Å². The second kappa shape index (κ2) is 7.60. The molecule has 1 rings (SSSR count). The third-order valence-electron chi connectivity index (χ3n) is 2.67. The summed E-state index contributed by atoms with van der Waals surface area (Å²) in [5.74, 6) is 6.01. The number of benzene rings is 1. The van der Waals surface area contributed by atoms with Crippen LogP contribution in [0.4, 0.5) is 0 Å². The fraction of sp³-hybridized carbons (Fsp3) is 0.438. The van der Waals surface area contributed by atoms with Gasteiger partial charge in [-0.15, -0.1) is 0 Å². The minimum atomic E-state index is -0.142. The topological polar surface area (TPSA) is 40.5 Å². The van der Waals surface area contributed by atoms with Crippen molar-refractivity contribution in [1.29, 1.82) is 0 Å². The van der Waals surface area contributed by atoms with E-state index in [0.717, 1.165) is 11.1 Å². The lowest BCUT2D eigenvalue weighted by atomic mass is 10.1. The standard InChI is InChI=1S/C16H21NO2/c1-13(2)10-16(19)17(3)12-15-7-4-6-14(11-15)8-5-9-18/h4,6-7,11,13,18H,9-10,12H2,1-3H3. The molecule has 3 nitrogen and oxygen atoms in total. The Bertz CT molecular complexity index is 483. The van der Waals surface area contributed by atoms with Crippen molar-refractivity contribution in [1.82, 2.24) is 4.90 Å². The largest absolute Gasteiger partial charge is 0.384 e. The van der Waals surface area contributed by atoms with Crippen LogP contribution in [0.2, 0.25) is 0 Å². The van der Waals surface area contributed by atoms with Crippen LogP contribution in [0.3, 0.4) is 0 Å². The van der Waals surface area contributed by atoms with E-state index in [2.05, 4.69) is 11.8 Å². The van der Waals surface area contributed by atoms with Gasteiger partial charge in [-0.1, -0.05) is 37.8 Å². The maximum Gasteiger partial charge on any atom is 0.222 e. The normalized spacial score (nSPS) is 9.95. The van der Waals surface area contributed by atoms with Crippen molar-refractivity contribution in [3.05, 3.63) is 35.4 Å². The van der Waals surface area contributed by atoms with Gasteiger partial charge >= 0.3 is 0 Å². The molecule has 19 heavy (non-hydrogen) atoms. The van der Waals surface area contributed by atoms with Gasteiger partial charge in [-0.05, 0) is 23.6 Å². The highest BCUT2D eigenvalue weighted by molar-refractivity contribution is 5.76. The van der Waals surface area contributed by atoms with Crippen LogP contribution < -0.4 is 0 Å². The summed E-state index contributed by atoms with van der Waals surface area (Å²) in [6.45, 7) is 4.52. The van der Waals surface area contributed by atoms with Gasteiger partial charge in [0, 0.05) is 25.6 Å². The first-order valence-corrected chi connectivity index (χ1v) is 6.45. The predicted octanol–water partition coefficient (Wildman–Crippen LogP) is 2.03. The van der Waals surface area contributed by atoms with Crippen LogP contribution in [-0.4, -0.2) is 29.6 Å². The van der Waals surface area contributed by atoms with Crippen LogP contribution in [0.15, 0.2) is 24.3 Å². The van der Waals surface area contributed by atoms with Crippen molar-refractivity contribution < 1.29 is 9.90 Å². The molecule has 0 spiro atoms. The molecule has 0 aliphatic heterocycles. The number of aliphatic hydroxyl groups excluding tert-OH is 1. The Morgan fingerprint density at radius 2 is 2.16 bits per heavy atom. The van der Waals surface area contributed by atoms with Crippen molar-refractivity contribution >= 4 is 5.91 Å². The van der Waals surface area contributed by atoms with Gasteiger partial charge in [-0.25, -0.2) is 0 Å². The molecule has 102 valence electrons. The summed E-state index contributed by atoms with van der Waals surface area (Å²) < 4.78 is 0. The summed E-state index contributed by atoms with van der Waals surface area (Å²) in [5.41, 5.74) is 1.90. The molecule has 3 heteroatoms. The van der Waals surface area contributed by atoms with Crippen molar-refractivity contribution in [2.75, 3.05) is 13.7 Å². The van der Waals surface area contributed by atoms with Crippen molar-refractivity contribution in [3.63, 3.8) is 0 Å². The first-order chi connectivity index (χ1) is 9.02. The molecule has 0 saturated carbocycles. The summed E-state index contributed by atoms with van der Waals surface area (Å²) in [7, 11) is 1.82. The lowest BCUT2D eigenvalue weighted by molar-refractivity contribution is -0.131. The maximum absolute atomic E-state index is 11.9. The Morgan fingerprint density at radius 3 is 2.79 bits per heavy atom. The van der Waals surface area contributed by atoms with Crippen LogP contribution >= 0.6 is 0 Å². The third kappa shape index (κ3) is 5.58. The molecule has 0 radical (unpaired) electrons. The van der Waals surface area contributed by atoms with Crippen LogP contribution in [0, 0.1) is 17.8 Å². The van der Waals surface area contributed by atoms with Crippen LogP contribution in [0.5, 0.6) is 0 Å². The zero-order chi connectivity index (χ0) is 14.3. The van der Waals surface area contributed by atoms with E-state index in [4.69, 9.17) is 5.11 Å². The van der Waals surface area contributed by atoms with Crippen LogP contribution in [-0.2, 0) is 11.3 Å². The number of nitrogens with zero attached hydrogens (tertiary/aromatic N) is 1. The molecule has 1 aromatic carbocycles. The Hall–Kier alpha value is -1.79. The van der Waals surface area contributed by atoms with Gasteiger partial charge in [0.05, 0.1) is 0 Å². The molecule has 1 amide bonds. The predicted molar refractivity (Wildman–Crippen MR) is 76.3 cm³/mol. The smallest absolute Gasteiger partial charge is 0.222 e. The fourth-order valence-corrected chi connectivity index (χ4v) is 1.76. The molecule has 1 N–H and O–H groups in total. The van der Waals surface area contributed by atoms with E-state index < -0.39 is 0 Å². The quantitative estimate of drug-likeness (QED) is 0.841. The number of rotatable bonds is 4. The fourth-order valence-electron chi connectivity index (χ4n) is 1.76. The summed E-state index contributed by atoms with van der Waals surface area (Å²) >= 11 is 0. The maximum atomic E-state index is 11.9. The Kier molecular flexibility index (Phi) is 6.11. The SMILES string of the molecule is CC(C)CC(=O)N(C)Cc1cccc(C#CCO)c1. The highest BCUT2D eigenvalue weighted by Crippen LogP contribution is 2.09. The van der Waals surface area contributed by atoms with Gasteiger partial charge < -0.3 is 10.0 Å². The number of hydrogen-bond donors (Lipinski definition) is 1. The molecule has 0 aromatic heterocycles. The zero-order valence-corrected chi connectivity index (χ0v) is 11.8. The molecule has 0 bridgehead atoms. The zero-order valence-electron chi connectivity index (χ0n) is 11.8. The first-order valence-electron chi connectivity index (χ1n) is 6.45. The molecule has 0 atom stereocenters. The van der Waals surface area contributed by atoms with Gasteiger partial charge in [0.25, 0.3) is 0 Å². The molecule has 0 saturated heterocycles. The highest BCUT2D eigenvalue weighted by Gasteiger charge is 2.10. The Labute approximate surface area is 115 Å². The van der Waals surface area contributed by atoms with E-state index in [1.54, 1.807) is 4.90 Å². The number of carbonyl (C=O) groups is 1. The van der Waals surface area contributed by atoms with Crippen molar-refractivity contribution in [3.8, 4) is 11.8 Å². The lowest BCUT2D eigenvalue weighted by Gasteiger charge is -2.18. The Balaban J connectivity index is 2.68. The Morgan fingerprint density at radius 1 is 1.42 bits per heavy atom. The van der Waals surface area contributed by atoms with E-state index >= 15 is 0 Å². The third-order valence-corrected chi connectivity index (χ3v) is 2.67. The van der Waals surface area contributed by atoms with Crippen LogP contribution in [0.25, 0.3) is 0 Å². The van der Waals surface area contributed by atoms with Gasteiger partial charge in [-0.2, -0.15) is 0 Å². The number of amides is 1. The molecule has 0 heterocycles. The van der Waals surface area contributed by atoms with E-state index in [9.17, 15) is 4.79 Å². The highest BCUT2D eigenvalue weighted by atomic mass is 16.2. The summed E-state index contributed by atoms with van der Waals surface area (Å²) in [6, 6.07) is 7.73. The van der Waals surface area contributed by atoms with Crippen molar-refractivity contribution in [2.45, 2.75) is 26.8 Å². The minimum absolute atomic E-state index is 0.142. The first kappa shape index (κ1) is 15.3. The summed E-state index contributed by atoms with van der Waals surface area (Å²) in [5, 5.41) is 8.67. The average Bonchev–Trinajstić information content (AvgIpc) is 2.36. The average molecular weight is 259 g/mol. The molecule has 0 aliphatic rings. The van der Waals surface area contributed by atoms with E-state index in [1.165, 1.54) is 0 Å². The number of carbonyl (C=O) groups excluding carboxylic acids is 1.